The van der Waals surface area contributed by atoms with Crippen molar-refractivity contribution in [2.75, 3.05) is 0 Å². The van der Waals surface area contributed by atoms with Crippen molar-refractivity contribution in [2.45, 2.75) is 25.1 Å². The second kappa shape index (κ2) is 2.38. The first-order valence-electron chi connectivity index (χ1n) is 3.36. The molecule has 1 nitrogen and oxygen atoms in total. The number of hydrogen-bond donors (Lipinski definition) is 0. The van der Waals surface area contributed by atoms with Gasteiger partial charge < -0.3 is 0 Å². The Kier molecular flexibility index (Phi) is 1.99. The number of halogens is 2. The molecule has 0 aliphatic heterocycles. The van der Waals surface area contributed by atoms with Crippen LogP contribution >= 0.6 is 23.2 Å². The molecule has 58 valence electrons. The van der Waals surface area contributed by atoms with E-state index >= 15 is 0 Å². The topological polar surface area (TPSA) is 17.1 Å². The van der Waals surface area contributed by atoms with E-state index in [4.69, 9.17) is 23.2 Å². The second-order valence-electron chi connectivity index (χ2n) is 3.14. The summed E-state index contributed by atoms with van der Waals surface area (Å²) >= 11 is 11.3. The zero-order valence-electron chi connectivity index (χ0n) is 6.03. The van der Waals surface area contributed by atoms with E-state index in [-0.39, 0.29) is 16.0 Å². The molecule has 0 aromatic rings. The first kappa shape index (κ1) is 8.35. The van der Waals surface area contributed by atoms with Gasteiger partial charge in [0.05, 0.1) is 10.8 Å². The lowest BCUT2D eigenvalue weighted by molar-refractivity contribution is -0.113. The molecule has 1 fully saturated rings. The van der Waals surface area contributed by atoms with Crippen molar-refractivity contribution >= 4 is 28.4 Å². The molecule has 10 heavy (non-hydrogen) atoms. The summed E-state index contributed by atoms with van der Waals surface area (Å²) in [6.07, 6.45) is 0.745. The third kappa shape index (κ3) is 1.17. The monoisotopic (exact) mass is 180 g/mol. The molecule has 1 aliphatic rings. The molecule has 0 aromatic carbocycles. The zero-order chi connectivity index (χ0) is 7.94. The molecular weight excluding hydrogens is 171 g/mol. The number of rotatable bonds is 2. The summed E-state index contributed by atoms with van der Waals surface area (Å²) in [4.78, 5) is 10.3. The highest BCUT2D eigenvalue weighted by Gasteiger charge is 2.58. The maximum Gasteiger partial charge on any atom is 0.226 e. The number of alkyl halides is 1. The minimum Gasteiger partial charge on any atom is -0.281 e. The summed E-state index contributed by atoms with van der Waals surface area (Å²) in [6, 6.07) is 0. The summed E-state index contributed by atoms with van der Waals surface area (Å²) in [5.74, 6) is 0.234. The van der Waals surface area contributed by atoms with Gasteiger partial charge >= 0.3 is 0 Å². The second-order valence-corrected chi connectivity index (χ2v) is 4.22. The van der Waals surface area contributed by atoms with Crippen LogP contribution in [-0.2, 0) is 4.79 Å². The van der Waals surface area contributed by atoms with E-state index < -0.39 is 0 Å². The van der Waals surface area contributed by atoms with Crippen molar-refractivity contribution in [2.24, 2.45) is 11.8 Å². The van der Waals surface area contributed by atoms with Crippen LogP contribution in [0.4, 0.5) is 0 Å². The third-order valence-electron chi connectivity index (χ3n) is 2.17. The Labute approximate surface area is 70.7 Å². The molecule has 0 amide bonds. The Bertz CT molecular complexity index is 167. The lowest BCUT2D eigenvalue weighted by Crippen LogP contribution is -2.14. The predicted molar refractivity (Wildman–Crippen MR) is 42.4 cm³/mol. The smallest absolute Gasteiger partial charge is 0.226 e. The molecule has 3 heteroatoms. The van der Waals surface area contributed by atoms with Crippen LogP contribution in [-0.4, -0.2) is 10.1 Å². The number of carbonyl (C=O) groups excluding carboxylic acids is 1. The van der Waals surface area contributed by atoms with E-state index in [9.17, 15) is 4.79 Å². The van der Waals surface area contributed by atoms with Gasteiger partial charge in [-0.15, -0.1) is 11.6 Å². The highest BCUT2D eigenvalue weighted by molar-refractivity contribution is 6.65. The van der Waals surface area contributed by atoms with Crippen LogP contribution in [0.1, 0.15) is 20.3 Å². The summed E-state index contributed by atoms with van der Waals surface area (Å²) in [5.41, 5.74) is 0. The first-order valence-corrected chi connectivity index (χ1v) is 4.12. The van der Waals surface area contributed by atoms with E-state index in [1.807, 2.05) is 13.8 Å². The van der Waals surface area contributed by atoms with Crippen molar-refractivity contribution < 1.29 is 4.79 Å². The Hall–Kier alpha value is 0.250. The van der Waals surface area contributed by atoms with Crippen LogP contribution in [0.3, 0.4) is 0 Å². The van der Waals surface area contributed by atoms with Crippen LogP contribution in [0, 0.1) is 11.8 Å². The molecule has 2 unspecified atom stereocenters. The van der Waals surface area contributed by atoms with Gasteiger partial charge in [-0.1, -0.05) is 13.8 Å². The van der Waals surface area contributed by atoms with Gasteiger partial charge in [0.15, 0.2) is 0 Å². The van der Waals surface area contributed by atoms with Crippen molar-refractivity contribution in [3.05, 3.63) is 0 Å². The van der Waals surface area contributed by atoms with Gasteiger partial charge in [-0.05, 0) is 23.9 Å². The van der Waals surface area contributed by atoms with Gasteiger partial charge in [0, 0.05) is 0 Å². The summed E-state index contributed by atoms with van der Waals surface area (Å²) in [7, 11) is 0. The van der Waals surface area contributed by atoms with Crippen molar-refractivity contribution in [1.29, 1.82) is 0 Å². The summed E-state index contributed by atoms with van der Waals surface area (Å²) in [6.45, 7) is 4.01. The van der Waals surface area contributed by atoms with Gasteiger partial charge in [0.2, 0.25) is 5.24 Å². The van der Waals surface area contributed by atoms with Crippen LogP contribution in [0.5, 0.6) is 0 Å². The van der Waals surface area contributed by atoms with Crippen molar-refractivity contribution in [3.63, 3.8) is 0 Å². The van der Waals surface area contributed by atoms with Gasteiger partial charge in [-0.3, -0.25) is 4.79 Å². The molecule has 0 aromatic heterocycles. The van der Waals surface area contributed by atoms with Gasteiger partial charge in [-0.25, -0.2) is 0 Å². The molecule has 0 radical (unpaired) electrons. The molecule has 0 spiro atoms. The minimum absolute atomic E-state index is 0.101. The summed E-state index contributed by atoms with van der Waals surface area (Å²) < 4.78 is 0. The predicted octanol–water partition coefficient (Wildman–Crippen LogP) is 2.41. The van der Waals surface area contributed by atoms with Crippen molar-refractivity contribution in [3.8, 4) is 0 Å². The Morgan fingerprint density at radius 3 is 2.30 bits per heavy atom. The Balaban J connectivity index is 2.56. The molecule has 1 aliphatic carbocycles. The quantitative estimate of drug-likeness (QED) is 0.472. The van der Waals surface area contributed by atoms with E-state index in [1.54, 1.807) is 0 Å². The fourth-order valence-electron chi connectivity index (χ4n) is 1.16. The Morgan fingerprint density at radius 1 is 1.70 bits per heavy atom. The zero-order valence-corrected chi connectivity index (χ0v) is 7.54. The average Bonchev–Trinajstić information content (AvgIpc) is 2.43. The lowest BCUT2D eigenvalue weighted by atomic mass is 10.1. The lowest BCUT2D eigenvalue weighted by Gasteiger charge is -2.10. The van der Waals surface area contributed by atoms with E-state index in [0.717, 1.165) is 6.42 Å². The molecule has 0 saturated heterocycles. The van der Waals surface area contributed by atoms with E-state index in [0.29, 0.717) is 5.92 Å². The van der Waals surface area contributed by atoms with Crippen LogP contribution < -0.4 is 0 Å². The Morgan fingerprint density at radius 2 is 2.20 bits per heavy atom. The summed E-state index contributed by atoms with van der Waals surface area (Å²) in [5, 5.41) is -0.288. The minimum atomic E-state index is -0.321. The molecule has 0 heterocycles. The average molecular weight is 181 g/mol. The van der Waals surface area contributed by atoms with Gasteiger partial charge in [0.1, 0.15) is 0 Å². The highest BCUT2D eigenvalue weighted by atomic mass is 35.5. The molecule has 0 N–H and O–H groups in total. The van der Waals surface area contributed by atoms with Gasteiger partial charge in [0.25, 0.3) is 0 Å². The maximum absolute atomic E-state index is 10.6. The van der Waals surface area contributed by atoms with Gasteiger partial charge in [-0.2, -0.15) is 0 Å². The first-order chi connectivity index (χ1) is 4.48. The fraction of sp³-hybridized carbons (Fsp3) is 0.857. The normalized spacial score (nSPS) is 38.3. The number of carbonyl (C=O) groups is 1. The third-order valence-corrected chi connectivity index (χ3v) is 3.29. The van der Waals surface area contributed by atoms with Crippen LogP contribution in [0.2, 0.25) is 0 Å². The highest BCUT2D eigenvalue weighted by Crippen LogP contribution is 2.55. The van der Waals surface area contributed by atoms with Crippen LogP contribution in [0.15, 0.2) is 0 Å². The SMILES string of the molecule is CC(C)C1(Cl)CC1C(=O)Cl. The van der Waals surface area contributed by atoms with Crippen molar-refractivity contribution in [1.82, 2.24) is 0 Å². The maximum atomic E-state index is 10.6. The fourth-order valence-corrected chi connectivity index (χ4v) is 1.74. The van der Waals surface area contributed by atoms with Crippen LogP contribution in [0.25, 0.3) is 0 Å². The van der Waals surface area contributed by atoms with E-state index in [1.165, 1.54) is 0 Å². The number of hydrogen-bond acceptors (Lipinski definition) is 1. The largest absolute Gasteiger partial charge is 0.281 e. The molecule has 2 atom stereocenters. The molecule has 1 rings (SSSR count). The van der Waals surface area contributed by atoms with E-state index in [2.05, 4.69) is 0 Å². The molecular formula is C7H10Cl2O. The standard InChI is InChI=1S/C7H10Cl2O/c1-4(2)7(9)3-5(7)6(8)10/h4-5H,3H2,1-2H3. The molecule has 1 saturated carbocycles. The molecule has 0 bridgehead atoms.